The number of aromatic nitrogens is 1. The molecule has 0 unspecified atom stereocenters. The van der Waals surface area contributed by atoms with Gasteiger partial charge in [-0.05, 0) is 18.2 Å². The number of hydrogen-bond donors (Lipinski definition) is 2. The summed E-state index contributed by atoms with van der Waals surface area (Å²) in [5, 5.41) is 13.8. The van der Waals surface area contributed by atoms with E-state index in [2.05, 4.69) is 10.3 Å². The summed E-state index contributed by atoms with van der Waals surface area (Å²) in [6, 6.07) is 6.80. The van der Waals surface area contributed by atoms with E-state index >= 15 is 0 Å². The number of rotatable bonds is 5. The average Bonchev–Trinajstić information content (AvgIpc) is 3.03. The number of nitrogen functional groups attached to an aromatic ring is 1. The van der Waals surface area contributed by atoms with E-state index in [9.17, 15) is 19.7 Å². The molecule has 1 amide bonds. The number of carbonyl (C=O) groups excluding carboxylic acids is 2. The maximum Gasteiger partial charge on any atom is 0.340 e. The van der Waals surface area contributed by atoms with Crippen molar-refractivity contribution < 1.29 is 19.2 Å². The van der Waals surface area contributed by atoms with Crippen molar-refractivity contribution in [3.63, 3.8) is 0 Å². The molecule has 0 aliphatic rings. The number of non-ortho nitro benzene ring substituents is 1. The molecule has 28 heavy (non-hydrogen) atoms. The highest BCUT2D eigenvalue weighted by Gasteiger charge is 2.17. The van der Waals surface area contributed by atoms with E-state index in [1.807, 2.05) is 0 Å². The Bertz CT molecular complexity index is 1120. The van der Waals surface area contributed by atoms with Crippen molar-refractivity contribution >= 4 is 73.1 Å². The van der Waals surface area contributed by atoms with Crippen molar-refractivity contribution in [3.05, 3.63) is 56.1 Å². The van der Waals surface area contributed by atoms with Gasteiger partial charge in [-0.1, -0.05) is 34.5 Å². The summed E-state index contributed by atoms with van der Waals surface area (Å²) in [5.74, 6) is -1.51. The first-order chi connectivity index (χ1) is 13.2. The molecule has 0 radical (unpaired) electrons. The number of nitro benzene ring substituents is 1. The zero-order valence-electron chi connectivity index (χ0n) is 13.8. The van der Waals surface area contributed by atoms with Crippen LogP contribution in [0.3, 0.4) is 0 Å². The zero-order valence-corrected chi connectivity index (χ0v) is 16.1. The predicted molar refractivity (Wildman–Crippen MR) is 106 cm³/mol. The molecular weight excluding hydrogens is 431 g/mol. The number of nitrogens with one attached hydrogen (secondary N) is 1. The normalized spacial score (nSPS) is 10.6. The van der Waals surface area contributed by atoms with Crippen LogP contribution in [0.5, 0.6) is 0 Å². The lowest BCUT2D eigenvalue weighted by molar-refractivity contribution is -0.384. The Morgan fingerprint density at radius 3 is 2.75 bits per heavy atom. The smallest absolute Gasteiger partial charge is 0.340 e. The van der Waals surface area contributed by atoms with E-state index in [1.54, 1.807) is 0 Å². The summed E-state index contributed by atoms with van der Waals surface area (Å²) >= 11 is 12.7. The number of anilines is 2. The Morgan fingerprint density at radius 2 is 2.04 bits per heavy atom. The Balaban J connectivity index is 1.65. The summed E-state index contributed by atoms with van der Waals surface area (Å²) in [6.45, 7) is -0.599. The maximum absolute atomic E-state index is 12.1. The molecule has 3 N–H and O–H groups in total. The fraction of sp³-hybridized carbons (Fsp3) is 0.0625. The fourth-order valence-electron chi connectivity index (χ4n) is 2.20. The van der Waals surface area contributed by atoms with Gasteiger partial charge in [-0.2, -0.15) is 0 Å². The van der Waals surface area contributed by atoms with Crippen LogP contribution in [0.4, 0.5) is 16.5 Å². The SMILES string of the molecule is Nc1c(Cl)cc(Cl)cc1C(=O)OCC(=O)Nc1nc2ccc([N+](=O)[O-])cc2s1. The molecule has 0 aliphatic carbocycles. The van der Waals surface area contributed by atoms with Crippen LogP contribution < -0.4 is 11.1 Å². The number of nitro groups is 1. The first-order valence-electron chi connectivity index (χ1n) is 7.51. The number of thiazole rings is 1. The number of nitrogens with zero attached hydrogens (tertiary/aromatic N) is 2. The highest BCUT2D eigenvalue weighted by Crippen LogP contribution is 2.30. The number of esters is 1. The van der Waals surface area contributed by atoms with Gasteiger partial charge in [0.15, 0.2) is 11.7 Å². The lowest BCUT2D eigenvalue weighted by Crippen LogP contribution is -2.21. The summed E-state index contributed by atoms with van der Waals surface area (Å²) in [7, 11) is 0. The number of halogens is 2. The summed E-state index contributed by atoms with van der Waals surface area (Å²) in [4.78, 5) is 38.5. The minimum atomic E-state index is -0.864. The van der Waals surface area contributed by atoms with Crippen molar-refractivity contribution in [2.45, 2.75) is 0 Å². The lowest BCUT2D eigenvalue weighted by Gasteiger charge is -2.08. The van der Waals surface area contributed by atoms with Gasteiger partial charge in [-0.25, -0.2) is 9.78 Å². The molecule has 3 aromatic rings. The number of hydrogen-bond acceptors (Lipinski definition) is 8. The molecule has 1 heterocycles. The van der Waals surface area contributed by atoms with Gasteiger partial charge in [0, 0.05) is 17.2 Å². The third-order valence-electron chi connectivity index (χ3n) is 3.48. The van der Waals surface area contributed by atoms with E-state index in [-0.39, 0.29) is 32.1 Å². The second kappa shape index (κ2) is 7.97. The summed E-state index contributed by atoms with van der Waals surface area (Å²) < 4.78 is 5.45. The number of ether oxygens (including phenoxy) is 1. The van der Waals surface area contributed by atoms with Crippen molar-refractivity contribution in [3.8, 4) is 0 Å². The molecule has 0 spiro atoms. The van der Waals surface area contributed by atoms with Crippen LogP contribution >= 0.6 is 34.5 Å². The van der Waals surface area contributed by atoms with Crippen LogP contribution in [0, 0.1) is 10.1 Å². The fourth-order valence-corrected chi connectivity index (χ4v) is 3.61. The molecule has 0 saturated heterocycles. The molecule has 0 fully saturated rings. The summed E-state index contributed by atoms with van der Waals surface area (Å²) in [6.07, 6.45) is 0. The monoisotopic (exact) mass is 440 g/mol. The van der Waals surface area contributed by atoms with Crippen LogP contribution in [-0.4, -0.2) is 28.4 Å². The van der Waals surface area contributed by atoms with E-state index in [4.69, 9.17) is 33.7 Å². The molecular formula is C16H10Cl2N4O5S. The average molecular weight is 441 g/mol. The second-order valence-electron chi connectivity index (χ2n) is 5.40. The van der Waals surface area contributed by atoms with Gasteiger partial charge < -0.3 is 10.5 Å². The van der Waals surface area contributed by atoms with E-state index in [1.165, 1.54) is 30.3 Å². The highest BCUT2D eigenvalue weighted by atomic mass is 35.5. The lowest BCUT2D eigenvalue weighted by atomic mass is 10.2. The minimum absolute atomic E-state index is 0.00996. The molecule has 2 aromatic carbocycles. The van der Waals surface area contributed by atoms with Gasteiger partial charge >= 0.3 is 5.97 Å². The van der Waals surface area contributed by atoms with E-state index < -0.39 is 23.4 Å². The number of benzene rings is 2. The van der Waals surface area contributed by atoms with Crippen LogP contribution in [0.25, 0.3) is 10.2 Å². The number of amides is 1. The van der Waals surface area contributed by atoms with Crippen molar-refractivity contribution in [2.75, 3.05) is 17.7 Å². The molecule has 0 atom stereocenters. The first kappa shape index (κ1) is 19.8. The van der Waals surface area contributed by atoms with Gasteiger partial charge in [0.05, 0.1) is 31.4 Å². The van der Waals surface area contributed by atoms with Crippen LogP contribution in [-0.2, 0) is 9.53 Å². The van der Waals surface area contributed by atoms with Gasteiger partial charge in [0.2, 0.25) is 0 Å². The molecule has 12 heteroatoms. The third kappa shape index (κ3) is 4.30. The van der Waals surface area contributed by atoms with Gasteiger partial charge in [-0.3, -0.25) is 20.2 Å². The van der Waals surface area contributed by atoms with Gasteiger partial charge in [0.1, 0.15) is 0 Å². The Labute approximate surface area is 171 Å². The third-order valence-corrected chi connectivity index (χ3v) is 4.94. The van der Waals surface area contributed by atoms with Gasteiger partial charge in [0.25, 0.3) is 11.6 Å². The van der Waals surface area contributed by atoms with Gasteiger partial charge in [-0.15, -0.1) is 0 Å². The summed E-state index contributed by atoms with van der Waals surface area (Å²) in [5.41, 5.74) is 6.05. The number of carbonyl (C=O) groups is 2. The van der Waals surface area contributed by atoms with E-state index in [0.717, 1.165) is 11.3 Å². The van der Waals surface area contributed by atoms with Crippen LogP contribution in [0.15, 0.2) is 30.3 Å². The van der Waals surface area contributed by atoms with E-state index in [0.29, 0.717) is 10.2 Å². The number of fused-ring (bicyclic) bond motifs is 1. The van der Waals surface area contributed by atoms with Crippen molar-refractivity contribution in [2.24, 2.45) is 0 Å². The quantitative estimate of drug-likeness (QED) is 0.265. The Morgan fingerprint density at radius 1 is 1.29 bits per heavy atom. The molecule has 9 nitrogen and oxygen atoms in total. The second-order valence-corrected chi connectivity index (χ2v) is 7.28. The molecule has 3 rings (SSSR count). The maximum atomic E-state index is 12.1. The number of nitrogens with two attached hydrogens (primary N) is 1. The largest absolute Gasteiger partial charge is 0.452 e. The Hall–Kier alpha value is -2.95. The standard InChI is InChI=1S/C16H10Cl2N4O5S/c17-7-3-9(14(19)10(18)4-7)15(24)27-6-13(23)21-16-20-11-2-1-8(22(25)26)5-12(11)28-16/h1-5H,6,19H2,(H,20,21,23). The van der Waals surface area contributed by atoms with Crippen molar-refractivity contribution in [1.82, 2.24) is 4.98 Å². The van der Waals surface area contributed by atoms with Crippen molar-refractivity contribution in [1.29, 1.82) is 0 Å². The topological polar surface area (TPSA) is 137 Å². The van der Waals surface area contributed by atoms with Crippen LogP contribution in [0.1, 0.15) is 10.4 Å². The predicted octanol–water partition coefficient (Wildman–Crippen LogP) is 3.89. The first-order valence-corrected chi connectivity index (χ1v) is 9.08. The Kier molecular flexibility index (Phi) is 5.63. The molecule has 144 valence electrons. The zero-order chi connectivity index (χ0) is 20.4. The molecule has 0 aliphatic heterocycles. The van der Waals surface area contributed by atoms with Crippen LogP contribution in [0.2, 0.25) is 10.0 Å². The highest BCUT2D eigenvalue weighted by molar-refractivity contribution is 7.22. The molecule has 1 aromatic heterocycles. The molecule has 0 bridgehead atoms. The molecule has 0 saturated carbocycles. The minimum Gasteiger partial charge on any atom is -0.452 e.